The minimum Gasteiger partial charge on any atom is -0.492 e. The van der Waals surface area contributed by atoms with E-state index in [4.69, 9.17) is 14.2 Å². The van der Waals surface area contributed by atoms with Crippen LogP contribution in [-0.4, -0.2) is 77.6 Å². The second-order valence-corrected chi connectivity index (χ2v) is 6.15. The van der Waals surface area contributed by atoms with E-state index in [2.05, 4.69) is 32.7 Å². The summed E-state index contributed by atoms with van der Waals surface area (Å²) in [5.74, 6) is 1.69. The molecule has 1 fully saturated rings. The number of benzene rings is 1. The van der Waals surface area contributed by atoms with Gasteiger partial charge in [0.2, 0.25) is 0 Å². The van der Waals surface area contributed by atoms with E-state index in [-0.39, 0.29) is 24.0 Å². The lowest BCUT2D eigenvalue weighted by molar-refractivity contribution is 0.0322. The maximum atomic E-state index is 5.90. The van der Waals surface area contributed by atoms with E-state index >= 15 is 0 Å². The second kappa shape index (κ2) is 14.9. The molecule has 1 aliphatic heterocycles. The van der Waals surface area contributed by atoms with Crippen molar-refractivity contribution in [2.45, 2.75) is 13.0 Å². The van der Waals surface area contributed by atoms with Crippen molar-refractivity contribution in [2.75, 3.05) is 66.8 Å². The van der Waals surface area contributed by atoms with E-state index in [1.165, 1.54) is 0 Å². The van der Waals surface area contributed by atoms with Gasteiger partial charge in [0.15, 0.2) is 5.96 Å². The van der Waals surface area contributed by atoms with Crippen LogP contribution in [0.1, 0.15) is 12.0 Å². The number of hydrogen-bond acceptors (Lipinski definition) is 5. The predicted octanol–water partition coefficient (Wildman–Crippen LogP) is 1.72. The van der Waals surface area contributed by atoms with Gasteiger partial charge in [0.1, 0.15) is 12.4 Å². The molecule has 0 amide bonds. The molecule has 0 atom stereocenters. The molecule has 7 nitrogen and oxygen atoms in total. The predicted molar refractivity (Wildman–Crippen MR) is 119 cm³/mol. The van der Waals surface area contributed by atoms with Crippen LogP contribution < -0.4 is 15.4 Å². The first-order valence-electron chi connectivity index (χ1n) is 9.27. The van der Waals surface area contributed by atoms with Crippen LogP contribution in [0.25, 0.3) is 0 Å². The Morgan fingerprint density at radius 2 is 2.04 bits per heavy atom. The number of guanidine groups is 1. The highest BCUT2D eigenvalue weighted by atomic mass is 127. The maximum Gasteiger partial charge on any atom is 0.191 e. The Morgan fingerprint density at radius 1 is 1.22 bits per heavy atom. The Labute approximate surface area is 179 Å². The third-order valence-corrected chi connectivity index (χ3v) is 4.18. The number of hydrogen-bond donors (Lipinski definition) is 2. The standard InChI is InChI=1S/C19H32N4O3.HI/c1-20-19(21-7-4-11-24-2)22-16-17-5-3-6-18(15-17)26-14-10-23-8-12-25-13-9-23;/h3,5-6,15H,4,7-14,16H2,1-2H3,(H2,20,21,22);1H. The zero-order valence-electron chi connectivity index (χ0n) is 16.4. The summed E-state index contributed by atoms with van der Waals surface area (Å²) in [6, 6.07) is 8.18. The first kappa shape index (κ1) is 23.9. The van der Waals surface area contributed by atoms with E-state index in [1.807, 2.05) is 12.1 Å². The molecule has 1 aliphatic rings. The third kappa shape index (κ3) is 10.1. The van der Waals surface area contributed by atoms with E-state index in [9.17, 15) is 0 Å². The minimum absolute atomic E-state index is 0. The van der Waals surface area contributed by atoms with Crippen molar-refractivity contribution in [1.82, 2.24) is 15.5 Å². The first-order chi connectivity index (χ1) is 12.8. The van der Waals surface area contributed by atoms with Crippen molar-refractivity contribution in [3.63, 3.8) is 0 Å². The van der Waals surface area contributed by atoms with Crippen LogP contribution in [0, 0.1) is 0 Å². The fourth-order valence-electron chi connectivity index (χ4n) is 2.69. The molecule has 0 unspecified atom stereocenters. The highest BCUT2D eigenvalue weighted by Crippen LogP contribution is 2.13. The van der Waals surface area contributed by atoms with Gasteiger partial charge >= 0.3 is 0 Å². The molecule has 0 saturated carbocycles. The van der Waals surface area contributed by atoms with Crippen LogP contribution in [0.4, 0.5) is 0 Å². The fourth-order valence-corrected chi connectivity index (χ4v) is 2.69. The van der Waals surface area contributed by atoms with Crippen molar-refractivity contribution < 1.29 is 14.2 Å². The molecule has 1 heterocycles. The summed E-state index contributed by atoms with van der Waals surface area (Å²) in [5, 5.41) is 6.59. The number of aliphatic imine (C=N–C) groups is 1. The van der Waals surface area contributed by atoms with E-state index in [0.717, 1.165) is 69.7 Å². The average Bonchev–Trinajstić information content (AvgIpc) is 2.69. The Bertz CT molecular complexity index is 539. The second-order valence-electron chi connectivity index (χ2n) is 6.15. The number of rotatable bonds is 10. The zero-order valence-corrected chi connectivity index (χ0v) is 18.7. The Morgan fingerprint density at radius 3 is 2.78 bits per heavy atom. The highest BCUT2D eigenvalue weighted by molar-refractivity contribution is 14.0. The van der Waals surface area contributed by atoms with Crippen molar-refractivity contribution in [3.8, 4) is 5.75 Å². The lowest BCUT2D eigenvalue weighted by Gasteiger charge is -2.26. The number of methoxy groups -OCH3 is 1. The number of halogens is 1. The summed E-state index contributed by atoms with van der Waals surface area (Å²) in [6.45, 7) is 7.53. The maximum absolute atomic E-state index is 5.90. The lowest BCUT2D eigenvalue weighted by Crippen LogP contribution is -2.38. The molecule has 1 aromatic carbocycles. The molecule has 154 valence electrons. The molecule has 0 aromatic heterocycles. The van der Waals surface area contributed by atoms with Gasteiger partial charge < -0.3 is 24.8 Å². The molecule has 1 aromatic rings. The zero-order chi connectivity index (χ0) is 18.5. The van der Waals surface area contributed by atoms with Gasteiger partial charge in [0.25, 0.3) is 0 Å². The van der Waals surface area contributed by atoms with E-state index in [1.54, 1.807) is 14.2 Å². The molecule has 0 bridgehead atoms. The molecule has 0 spiro atoms. The monoisotopic (exact) mass is 492 g/mol. The molecule has 8 heteroatoms. The fraction of sp³-hybridized carbons (Fsp3) is 0.632. The Hall–Kier alpha value is -1.10. The Balaban J connectivity index is 0.00000364. The van der Waals surface area contributed by atoms with Crippen molar-refractivity contribution in [1.29, 1.82) is 0 Å². The average molecular weight is 492 g/mol. The summed E-state index contributed by atoms with van der Waals surface area (Å²) in [5.41, 5.74) is 1.16. The molecular weight excluding hydrogens is 459 g/mol. The lowest BCUT2D eigenvalue weighted by atomic mass is 10.2. The SMILES string of the molecule is CN=C(NCCCOC)NCc1cccc(OCCN2CCOCC2)c1.I. The highest BCUT2D eigenvalue weighted by Gasteiger charge is 2.09. The molecule has 2 N–H and O–H groups in total. The smallest absolute Gasteiger partial charge is 0.191 e. The van der Waals surface area contributed by atoms with Gasteiger partial charge in [-0.15, -0.1) is 24.0 Å². The molecule has 2 rings (SSSR count). The largest absolute Gasteiger partial charge is 0.492 e. The number of nitrogens with zero attached hydrogens (tertiary/aromatic N) is 2. The number of ether oxygens (including phenoxy) is 3. The summed E-state index contributed by atoms with van der Waals surface area (Å²) in [6.07, 6.45) is 0.948. The quantitative estimate of drug-likeness (QED) is 0.225. The van der Waals surface area contributed by atoms with Gasteiger partial charge in [-0.1, -0.05) is 12.1 Å². The van der Waals surface area contributed by atoms with Crippen LogP contribution >= 0.6 is 24.0 Å². The van der Waals surface area contributed by atoms with Crippen molar-refractivity contribution in [3.05, 3.63) is 29.8 Å². The Kier molecular flexibility index (Phi) is 13.2. The molecule has 0 radical (unpaired) electrons. The van der Waals surface area contributed by atoms with Gasteiger partial charge in [-0.3, -0.25) is 9.89 Å². The van der Waals surface area contributed by atoms with Crippen LogP contribution in [-0.2, 0) is 16.0 Å². The van der Waals surface area contributed by atoms with Crippen LogP contribution in [0.15, 0.2) is 29.3 Å². The summed E-state index contributed by atoms with van der Waals surface area (Å²) in [7, 11) is 3.49. The van der Waals surface area contributed by atoms with Crippen LogP contribution in [0.3, 0.4) is 0 Å². The summed E-state index contributed by atoms with van der Waals surface area (Å²) in [4.78, 5) is 6.60. The van der Waals surface area contributed by atoms with Crippen LogP contribution in [0.5, 0.6) is 5.75 Å². The topological polar surface area (TPSA) is 67.4 Å². The molecule has 0 aliphatic carbocycles. The molecular formula is C19H33IN4O3. The van der Waals surface area contributed by atoms with Crippen molar-refractivity contribution in [2.24, 2.45) is 4.99 Å². The number of nitrogens with one attached hydrogen (secondary N) is 2. The van der Waals surface area contributed by atoms with E-state index < -0.39 is 0 Å². The normalized spacial score (nSPS) is 15.1. The minimum atomic E-state index is 0. The van der Waals surface area contributed by atoms with Crippen LogP contribution in [0.2, 0.25) is 0 Å². The van der Waals surface area contributed by atoms with Gasteiger partial charge in [-0.05, 0) is 24.1 Å². The first-order valence-corrected chi connectivity index (χ1v) is 9.27. The summed E-state index contributed by atoms with van der Waals surface area (Å²) < 4.78 is 16.3. The van der Waals surface area contributed by atoms with E-state index in [0.29, 0.717) is 13.2 Å². The van der Waals surface area contributed by atoms with Gasteiger partial charge in [0, 0.05) is 53.5 Å². The summed E-state index contributed by atoms with van der Waals surface area (Å²) >= 11 is 0. The van der Waals surface area contributed by atoms with Gasteiger partial charge in [-0.2, -0.15) is 0 Å². The third-order valence-electron chi connectivity index (χ3n) is 4.18. The molecule has 27 heavy (non-hydrogen) atoms. The molecule has 1 saturated heterocycles. The van der Waals surface area contributed by atoms with Gasteiger partial charge in [0.05, 0.1) is 13.2 Å². The van der Waals surface area contributed by atoms with Gasteiger partial charge in [-0.25, -0.2) is 0 Å². The van der Waals surface area contributed by atoms with Crippen molar-refractivity contribution >= 4 is 29.9 Å². The number of morpholine rings is 1.